The Morgan fingerprint density at radius 1 is 1.50 bits per heavy atom. The second-order valence-electron chi connectivity index (χ2n) is 4.28. The summed E-state index contributed by atoms with van der Waals surface area (Å²) in [7, 11) is 1.60. The summed E-state index contributed by atoms with van der Waals surface area (Å²) in [6.07, 6.45) is 0. The fourth-order valence-corrected chi connectivity index (χ4v) is 3.24. The van der Waals surface area contributed by atoms with Crippen molar-refractivity contribution in [2.24, 2.45) is 5.92 Å². The first-order valence-electron chi connectivity index (χ1n) is 5.06. The van der Waals surface area contributed by atoms with Crippen LogP contribution in [-0.2, 0) is 9.92 Å². The van der Waals surface area contributed by atoms with E-state index in [1.54, 1.807) is 0 Å². The summed E-state index contributed by atoms with van der Waals surface area (Å²) in [5.74, 6) is 0.933. The number of nitrogens with one attached hydrogen (secondary N) is 1. The zero-order chi connectivity index (χ0) is 10.9. The predicted molar refractivity (Wildman–Crippen MR) is 59.6 cm³/mol. The number of hydrogen-bond donors (Lipinski definition) is 1. The quantitative estimate of drug-likeness (QED) is 0.765. The standard InChI is InChI=1S/C9H21N3OS/c1-5-14(10,13)12-6-8(2)9(7-12)11(3)4/h8-10H,5-7H2,1-4H3. The summed E-state index contributed by atoms with van der Waals surface area (Å²) >= 11 is 0. The topological polar surface area (TPSA) is 47.4 Å². The third-order valence-electron chi connectivity index (χ3n) is 3.01. The highest BCUT2D eigenvalue weighted by Crippen LogP contribution is 2.22. The van der Waals surface area contributed by atoms with E-state index in [0.29, 0.717) is 17.7 Å². The lowest BCUT2D eigenvalue weighted by Gasteiger charge is -2.22. The van der Waals surface area contributed by atoms with Crippen LogP contribution in [-0.4, -0.2) is 52.4 Å². The van der Waals surface area contributed by atoms with Crippen molar-refractivity contribution >= 4 is 9.92 Å². The lowest BCUT2D eigenvalue weighted by Crippen LogP contribution is -2.35. The van der Waals surface area contributed by atoms with Gasteiger partial charge in [-0.15, -0.1) is 0 Å². The Bertz CT molecular complexity index is 286. The molecule has 14 heavy (non-hydrogen) atoms. The van der Waals surface area contributed by atoms with Crippen molar-refractivity contribution in [3.8, 4) is 0 Å². The van der Waals surface area contributed by atoms with Crippen molar-refractivity contribution in [2.75, 3.05) is 32.9 Å². The van der Waals surface area contributed by atoms with Gasteiger partial charge in [0.15, 0.2) is 0 Å². The second kappa shape index (κ2) is 4.16. The number of likely N-dealkylation sites (N-methyl/N-ethyl adjacent to an activating group) is 1. The third-order valence-corrected chi connectivity index (χ3v) is 4.93. The van der Waals surface area contributed by atoms with E-state index in [0.717, 1.165) is 13.1 Å². The van der Waals surface area contributed by atoms with Crippen LogP contribution in [0.5, 0.6) is 0 Å². The molecule has 4 nitrogen and oxygen atoms in total. The summed E-state index contributed by atoms with van der Waals surface area (Å²) in [6, 6.07) is 0.438. The highest BCUT2D eigenvalue weighted by atomic mass is 32.2. The average molecular weight is 219 g/mol. The minimum atomic E-state index is -2.49. The molecule has 0 radical (unpaired) electrons. The molecule has 1 fully saturated rings. The Balaban J connectivity index is 2.73. The molecule has 0 aromatic heterocycles. The number of nitrogens with zero attached hydrogens (tertiary/aromatic N) is 2. The minimum absolute atomic E-state index is 0.430. The van der Waals surface area contributed by atoms with Crippen molar-refractivity contribution < 1.29 is 4.21 Å². The van der Waals surface area contributed by atoms with Gasteiger partial charge in [0.25, 0.3) is 0 Å². The highest BCUT2D eigenvalue weighted by molar-refractivity contribution is 7.90. The van der Waals surface area contributed by atoms with Gasteiger partial charge in [-0.05, 0) is 20.0 Å². The molecular weight excluding hydrogens is 198 g/mol. The molecule has 1 aliphatic rings. The van der Waals surface area contributed by atoms with Gasteiger partial charge < -0.3 is 4.90 Å². The molecule has 1 heterocycles. The van der Waals surface area contributed by atoms with Crippen LogP contribution in [0.1, 0.15) is 13.8 Å². The molecule has 0 aromatic rings. The zero-order valence-electron chi connectivity index (χ0n) is 9.49. The van der Waals surface area contributed by atoms with Crippen molar-refractivity contribution in [3.63, 3.8) is 0 Å². The summed E-state index contributed by atoms with van der Waals surface area (Å²) < 4.78 is 21.4. The van der Waals surface area contributed by atoms with Gasteiger partial charge in [-0.25, -0.2) is 13.3 Å². The molecule has 0 spiro atoms. The van der Waals surface area contributed by atoms with Crippen LogP contribution in [0.3, 0.4) is 0 Å². The Hall–Kier alpha value is -0.130. The third kappa shape index (κ3) is 2.27. The molecule has 0 aliphatic carbocycles. The molecule has 0 saturated carbocycles. The van der Waals surface area contributed by atoms with Gasteiger partial charge in [0.1, 0.15) is 9.92 Å². The van der Waals surface area contributed by atoms with Gasteiger partial charge >= 0.3 is 0 Å². The summed E-state index contributed by atoms with van der Waals surface area (Å²) in [4.78, 5) is 2.16. The van der Waals surface area contributed by atoms with E-state index in [1.165, 1.54) is 0 Å². The second-order valence-corrected chi connectivity index (χ2v) is 6.66. The van der Waals surface area contributed by atoms with Crippen LogP contribution in [0.2, 0.25) is 0 Å². The molecule has 0 bridgehead atoms. The normalized spacial score (nSPS) is 33.5. The van der Waals surface area contributed by atoms with Gasteiger partial charge in [-0.2, -0.15) is 0 Å². The fraction of sp³-hybridized carbons (Fsp3) is 1.00. The molecular formula is C9H21N3OS. The lowest BCUT2D eigenvalue weighted by molar-refractivity contribution is 0.263. The van der Waals surface area contributed by atoms with Crippen molar-refractivity contribution in [3.05, 3.63) is 0 Å². The van der Waals surface area contributed by atoms with Gasteiger partial charge in [0.05, 0.1) is 0 Å². The lowest BCUT2D eigenvalue weighted by atomic mass is 10.1. The first-order valence-corrected chi connectivity index (χ1v) is 6.75. The Morgan fingerprint density at radius 2 is 2.07 bits per heavy atom. The van der Waals surface area contributed by atoms with E-state index < -0.39 is 9.92 Å². The number of rotatable bonds is 3. The first kappa shape index (κ1) is 11.9. The molecule has 1 rings (SSSR count). The molecule has 5 heteroatoms. The Kier molecular flexibility index (Phi) is 3.55. The summed E-state index contributed by atoms with van der Waals surface area (Å²) in [5.41, 5.74) is 0. The SMILES string of the molecule is CCS(=N)(=O)N1CC(C)C(N(C)C)C1. The maximum Gasteiger partial charge on any atom is 0.107 e. The van der Waals surface area contributed by atoms with Crippen LogP contribution in [0.15, 0.2) is 0 Å². The van der Waals surface area contributed by atoms with E-state index in [9.17, 15) is 4.21 Å². The minimum Gasteiger partial charge on any atom is -0.305 e. The monoisotopic (exact) mass is 219 g/mol. The van der Waals surface area contributed by atoms with Crippen molar-refractivity contribution in [2.45, 2.75) is 19.9 Å². The van der Waals surface area contributed by atoms with Gasteiger partial charge in [0, 0.05) is 24.9 Å². The largest absolute Gasteiger partial charge is 0.305 e. The summed E-state index contributed by atoms with van der Waals surface area (Å²) in [6.45, 7) is 5.54. The zero-order valence-corrected chi connectivity index (χ0v) is 10.3. The molecule has 3 atom stereocenters. The first-order chi connectivity index (χ1) is 6.38. The Labute approximate surface area is 87.4 Å². The molecule has 0 aromatic carbocycles. The van der Waals surface area contributed by atoms with Crippen LogP contribution < -0.4 is 0 Å². The average Bonchev–Trinajstić information content (AvgIpc) is 2.48. The molecule has 3 unspecified atom stereocenters. The smallest absolute Gasteiger partial charge is 0.107 e. The molecule has 1 N–H and O–H groups in total. The van der Waals surface area contributed by atoms with Gasteiger partial charge in [-0.3, -0.25) is 0 Å². The van der Waals surface area contributed by atoms with Crippen LogP contribution in [0, 0.1) is 10.7 Å². The van der Waals surface area contributed by atoms with Gasteiger partial charge in [0.2, 0.25) is 0 Å². The Morgan fingerprint density at radius 3 is 2.43 bits per heavy atom. The molecule has 84 valence electrons. The van der Waals surface area contributed by atoms with Gasteiger partial charge in [-0.1, -0.05) is 13.8 Å². The molecule has 1 saturated heterocycles. The highest BCUT2D eigenvalue weighted by Gasteiger charge is 2.34. The van der Waals surface area contributed by atoms with Crippen molar-refractivity contribution in [1.82, 2.24) is 9.21 Å². The molecule has 1 aliphatic heterocycles. The maximum absolute atomic E-state index is 11.8. The van der Waals surface area contributed by atoms with Crippen LogP contribution >= 0.6 is 0 Å². The van der Waals surface area contributed by atoms with E-state index in [1.807, 2.05) is 25.3 Å². The fourth-order valence-electron chi connectivity index (χ4n) is 2.00. The van der Waals surface area contributed by atoms with E-state index in [-0.39, 0.29) is 0 Å². The van der Waals surface area contributed by atoms with Crippen molar-refractivity contribution in [1.29, 1.82) is 4.78 Å². The van der Waals surface area contributed by atoms with Crippen LogP contribution in [0.25, 0.3) is 0 Å². The predicted octanol–water partition coefficient (Wildman–Crippen LogP) is 0.850. The van der Waals surface area contributed by atoms with E-state index >= 15 is 0 Å². The number of hydrogen-bond acceptors (Lipinski definition) is 3. The van der Waals surface area contributed by atoms with E-state index in [2.05, 4.69) is 11.8 Å². The maximum atomic E-state index is 11.8. The van der Waals surface area contributed by atoms with Crippen LogP contribution in [0.4, 0.5) is 0 Å². The summed E-state index contributed by atoms with van der Waals surface area (Å²) in [5, 5.41) is 0. The molecule has 0 amide bonds. The van der Waals surface area contributed by atoms with E-state index in [4.69, 9.17) is 4.78 Å².